The highest BCUT2D eigenvalue weighted by molar-refractivity contribution is 6.30. The summed E-state index contributed by atoms with van der Waals surface area (Å²) < 4.78 is 13.9. The molecule has 3 aromatic rings. The molecule has 2 unspecified atom stereocenters. The highest BCUT2D eigenvalue weighted by atomic mass is 35.5. The molecule has 4 nitrogen and oxygen atoms in total. The van der Waals surface area contributed by atoms with Gasteiger partial charge in [0.25, 0.3) is 0 Å². The number of hydrogen-bond donors (Lipinski definition) is 1. The summed E-state index contributed by atoms with van der Waals surface area (Å²) in [7, 11) is 0. The first-order valence-electron chi connectivity index (χ1n) is 11.5. The van der Waals surface area contributed by atoms with E-state index in [0.717, 1.165) is 49.4 Å². The summed E-state index contributed by atoms with van der Waals surface area (Å²) in [5.41, 5.74) is 1.87. The quantitative estimate of drug-likeness (QED) is 0.504. The van der Waals surface area contributed by atoms with Gasteiger partial charge in [-0.05, 0) is 104 Å². The lowest BCUT2D eigenvalue weighted by Gasteiger charge is -2.24. The van der Waals surface area contributed by atoms with Crippen molar-refractivity contribution in [2.75, 3.05) is 5.32 Å². The number of nitrogens with one attached hydrogen (secondary N) is 1. The first kappa shape index (κ1) is 20.1. The van der Waals surface area contributed by atoms with E-state index in [1.807, 2.05) is 6.20 Å². The minimum absolute atomic E-state index is 0.115. The predicted molar refractivity (Wildman–Crippen MR) is 123 cm³/mol. The molecular formula is C26H25ClFN3O. The molecule has 1 aromatic carbocycles. The van der Waals surface area contributed by atoms with Crippen LogP contribution < -0.4 is 5.32 Å². The molecule has 3 saturated carbocycles. The van der Waals surface area contributed by atoms with Crippen LogP contribution in [0.4, 0.5) is 10.2 Å². The lowest BCUT2D eigenvalue weighted by Crippen LogP contribution is -2.30. The number of halogens is 2. The number of benzene rings is 1. The minimum atomic E-state index is -0.229. The van der Waals surface area contributed by atoms with Gasteiger partial charge < -0.3 is 5.32 Å². The maximum Gasteiger partial charge on any atom is 0.232 e. The fraction of sp³-hybridized carbons (Fsp3) is 0.423. The zero-order chi connectivity index (χ0) is 21.9. The zero-order valence-corrected chi connectivity index (χ0v) is 18.5. The number of fused-ring (bicyclic) bond motifs is 2. The van der Waals surface area contributed by atoms with Gasteiger partial charge in [0.15, 0.2) is 0 Å². The fourth-order valence-corrected chi connectivity index (χ4v) is 6.58. The molecule has 3 aliphatic carbocycles. The normalized spacial score (nSPS) is 27.9. The van der Waals surface area contributed by atoms with Crippen LogP contribution in [-0.2, 0) is 4.79 Å². The van der Waals surface area contributed by atoms with Crippen LogP contribution in [0.15, 0.2) is 48.8 Å². The molecule has 6 rings (SSSR count). The van der Waals surface area contributed by atoms with Gasteiger partial charge in [0.2, 0.25) is 5.91 Å². The van der Waals surface area contributed by atoms with Crippen LogP contribution in [0.5, 0.6) is 0 Å². The first-order valence-corrected chi connectivity index (χ1v) is 11.9. The molecule has 0 spiro atoms. The van der Waals surface area contributed by atoms with Gasteiger partial charge in [-0.3, -0.25) is 9.78 Å². The van der Waals surface area contributed by atoms with Crippen molar-refractivity contribution in [3.8, 4) is 0 Å². The van der Waals surface area contributed by atoms with E-state index < -0.39 is 0 Å². The fourth-order valence-electron chi connectivity index (χ4n) is 6.46. The van der Waals surface area contributed by atoms with E-state index in [2.05, 4.69) is 21.4 Å². The van der Waals surface area contributed by atoms with Crippen molar-refractivity contribution in [3.63, 3.8) is 0 Å². The van der Waals surface area contributed by atoms with Crippen molar-refractivity contribution >= 4 is 34.2 Å². The molecule has 0 radical (unpaired) electrons. The number of carbonyl (C=O) groups is 1. The minimum Gasteiger partial charge on any atom is -0.310 e. The van der Waals surface area contributed by atoms with Crippen LogP contribution >= 0.6 is 11.6 Å². The van der Waals surface area contributed by atoms with Gasteiger partial charge in [-0.2, -0.15) is 0 Å². The number of nitrogens with zero attached hydrogens (tertiary/aromatic N) is 2. The second kappa shape index (κ2) is 7.51. The van der Waals surface area contributed by atoms with Crippen LogP contribution in [0.3, 0.4) is 0 Å². The Balaban J connectivity index is 1.16. The van der Waals surface area contributed by atoms with Gasteiger partial charge in [0.05, 0.1) is 16.0 Å². The van der Waals surface area contributed by atoms with Crippen molar-refractivity contribution in [1.82, 2.24) is 9.97 Å². The largest absolute Gasteiger partial charge is 0.310 e. The van der Waals surface area contributed by atoms with Crippen molar-refractivity contribution in [3.05, 3.63) is 65.2 Å². The lowest BCUT2D eigenvalue weighted by molar-refractivity contribution is -0.123. The summed E-state index contributed by atoms with van der Waals surface area (Å²) in [5, 5.41) is 4.53. The van der Waals surface area contributed by atoms with E-state index in [-0.39, 0.29) is 17.1 Å². The average Bonchev–Trinajstić information content (AvgIpc) is 3.36. The maximum absolute atomic E-state index is 13.9. The molecule has 3 fully saturated rings. The van der Waals surface area contributed by atoms with Crippen LogP contribution in [-0.4, -0.2) is 15.9 Å². The zero-order valence-electron chi connectivity index (χ0n) is 17.7. The summed E-state index contributed by atoms with van der Waals surface area (Å²) in [6, 6.07) is 10.4. The van der Waals surface area contributed by atoms with E-state index in [4.69, 9.17) is 11.6 Å². The summed E-state index contributed by atoms with van der Waals surface area (Å²) in [6.45, 7) is 0. The molecule has 164 valence electrons. The second-order valence-electron chi connectivity index (χ2n) is 9.89. The maximum atomic E-state index is 13.9. The molecule has 2 atom stereocenters. The number of pyridine rings is 2. The number of aromatic nitrogens is 2. The van der Waals surface area contributed by atoms with Gasteiger partial charge in [0.1, 0.15) is 11.6 Å². The van der Waals surface area contributed by atoms with E-state index in [1.54, 1.807) is 30.5 Å². The number of rotatable bonds is 4. The standard InChI is InChI=1S/C26H25ClFN3O/c27-19-1-4-24(30-14-19)31-25(32)26(6-7-26)18-11-15-9-17(10-16(15)12-18)21-5-8-29-23-3-2-20(28)13-22(21)23/h1-5,8,13-18H,6-7,9-12H2,(H,30,31,32). The van der Waals surface area contributed by atoms with Crippen molar-refractivity contribution in [1.29, 1.82) is 0 Å². The Bertz CT molecular complexity index is 1180. The Morgan fingerprint density at radius 3 is 2.50 bits per heavy atom. The van der Waals surface area contributed by atoms with Gasteiger partial charge >= 0.3 is 0 Å². The Morgan fingerprint density at radius 2 is 1.81 bits per heavy atom. The molecule has 0 saturated heterocycles. The Morgan fingerprint density at radius 1 is 1.03 bits per heavy atom. The first-order chi connectivity index (χ1) is 15.5. The molecule has 6 heteroatoms. The summed E-state index contributed by atoms with van der Waals surface area (Å²) in [6.07, 6.45) is 9.80. The molecule has 2 heterocycles. The van der Waals surface area contributed by atoms with Crippen molar-refractivity contribution < 1.29 is 9.18 Å². The third kappa shape index (κ3) is 3.38. The predicted octanol–water partition coefficient (Wildman–Crippen LogP) is 6.36. The lowest BCUT2D eigenvalue weighted by atomic mass is 9.83. The van der Waals surface area contributed by atoms with E-state index in [0.29, 0.717) is 34.5 Å². The van der Waals surface area contributed by atoms with E-state index >= 15 is 0 Å². The molecule has 1 N–H and O–H groups in total. The summed E-state index contributed by atoms with van der Waals surface area (Å²) in [5.74, 6) is 2.64. The van der Waals surface area contributed by atoms with Crippen LogP contribution in [0.1, 0.15) is 50.0 Å². The third-order valence-corrected chi connectivity index (χ3v) is 8.41. The van der Waals surface area contributed by atoms with Gasteiger partial charge in [-0.25, -0.2) is 9.37 Å². The monoisotopic (exact) mass is 449 g/mol. The number of amides is 1. The van der Waals surface area contributed by atoms with Crippen molar-refractivity contribution in [2.24, 2.45) is 23.2 Å². The molecule has 32 heavy (non-hydrogen) atoms. The summed E-state index contributed by atoms with van der Waals surface area (Å²) in [4.78, 5) is 21.8. The molecule has 0 bridgehead atoms. The van der Waals surface area contributed by atoms with Gasteiger partial charge in [-0.15, -0.1) is 0 Å². The molecule has 0 aliphatic heterocycles. The smallest absolute Gasteiger partial charge is 0.232 e. The Labute approximate surface area is 191 Å². The number of carbonyl (C=O) groups excluding carboxylic acids is 1. The van der Waals surface area contributed by atoms with Crippen LogP contribution in [0, 0.1) is 29.0 Å². The van der Waals surface area contributed by atoms with E-state index in [9.17, 15) is 9.18 Å². The van der Waals surface area contributed by atoms with Crippen LogP contribution in [0.2, 0.25) is 5.02 Å². The van der Waals surface area contributed by atoms with Gasteiger partial charge in [0, 0.05) is 17.8 Å². The topological polar surface area (TPSA) is 54.9 Å². The SMILES string of the molecule is O=C(Nc1ccc(Cl)cn1)C1(C2CC3CC(c4ccnc5ccc(F)cc45)CC3C2)CC1. The second-order valence-corrected chi connectivity index (χ2v) is 10.3. The average molecular weight is 450 g/mol. The highest BCUT2D eigenvalue weighted by Crippen LogP contribution is 2.63. The van der Waals surface area contributed by atoms with Crippen molar-refractivity contribution in [2.45, 2.75) is 44.4 Å². The number of anilines is 1. The molecule has 1 amide bonds. The summed E-state index contributed by atoms with van der Waals surface area (Å²) >= 11 is 5.91. The Kier molecular flexibility index (Phi) is 4.72. The van der Waals surface area contributed by atoms with Crippen LogP contribution in [0.25, 0.3) is 10.9 Å². The van der Waals surface area contributed by atoms with E-state index in [1.165, 1.54) is 11.6 Å². The number of hydrogen-bond acceptors (Lipinski definition) is 3. The molecule has 3 aliphatic rings. The molecular weight excluding hydrogens is 425 g/mol. The van der Waals surface area contributed by atoms with Gasteiger partial charge in [-0.1, -0.05) is 11.6 Å². The third-order valence-electron chi connectivity index (χ3n) is 8.18. The molecule has 2 aromatic heterocycles. The Hall–Kier alpha value is -2.53. The highest BCUT2D eigenvalue weighted by Gasteiger charge is 2.59.